The fourth-order valence-electron chi connectivity index (χ4n) is 3.23. The number of halogens is 1. The molecule has 11 heteroatoms. The van der Waals surface area contributed by atoms with E-state index in [1.165, 1.54) is 12.1 Å². The summed E-state index contributed by atoms with van der Waals surface area (Å²) >= 11 is 0. The molecule has 1 N–H and O–H groups in total. The van der Waals surface area contributed by atoms with Crippen LogP contribution in [0.2, 0.25) is 0 Å². The lowest BCUT2D eigenvalue weighted by molar-refractivity contribution is -0.384. The summed E-state index contributed by atoms with van der Waals surface area (Å²) in [4.78, 5) is 21.5. The zero-order valence-electron chi connectivity index (χ0n) is 15.2. The summed E-state index contributed by atoms with van der Waals surface area (Å²) in [7, 11) is 1.98. The monoisotopic (exact) mass is 405 g/mol. The van der Waals surface area contributed by atoms with Crippen molar-refractivity contribution in [3.63, 3.8) is 0 Å². The predicted octanol–water partition coefficient (Wildman–Crippen LogP) is 1.95. The van der Waals surface area contributed by atoms with E-state index in [4.69, 9.17) is 4.52 Å². The number of nitro benzene ring substituents is 1. The van der Waals surface area contributed by atoms with Gasteiger partial charge in [0, 0.05) is 56.8 Å². The fourth-order valence-corrected chi connectivity index (χ4v) is 3.23. The number of aromatic nitrogens is 4. The lowest BCUT2D eigenvalue weighted by Gasteiger charge is -2.34. The number of hydrogen-bond donors (Lipinski definition) is 1. The fraction of sp³-hybridized carbons (Fsp3) is 0.353. The molecule has 3 heterocycles. The van der Waals surface area contributed by atoms with Crippen molar-refractivity contribution in [2.24, 2.45) is 7.05 Å². The van der Waals surface area contributed by atoms with Crippen LogP contribution in [0.4, 0.5) is 5.69 Å². The first-order valence-corrected chi connectivity index (χ1v) is 8.61. The predicted molar refractivity (Wildman–Crippen MR) is 103 cm³/mol. The number of rotatable bonds is 5. The normalized spacial score (nSPS) is 17.2. The van der Waals surface area contributed by atoms with Gasteiger partial charge in [-0.2, -0.15) is 4.98 Å². The summed E-state index contributed by atoms with van der Waals surface area (Å²) in [6.07, 6.45) is 3.73. The molecule has 28 heavy (non-hydrogen) atoms. The van der Waals surface area contributed by atoms with E-state index in [-0.39, 0.29) is 24.1 Å². The maximum absolute atomic E-state index is 10.8. The zero-order chi connectivity index (χ0) is 18.8. The number of nitrogens with one attached hydrogen (secondary N) is 1. The maximum atomic E-state index is 10.8. The van der Waals surface area contributed by atoms with E-state index < -0.39 is 4.92 Å². The van der Waals surface area contributed by atoms with Crippen LogP contribution < -0.4 is 5.32 Å². The van der Waals surface area contributed by atoms with Crippen LogP contribution in [-0.4, -0.2) is 49.1 Å². The van der Waals surface area contributed by atoms with Crippen LogP contribution in [0.15, 0.2) is 41.2 Å². The Morgan fingerprint density at radius 3 is 2.82 bits per heavy atom. The van der Waals surface area contributed by atoms with Crippen molar-refractivity contribution in [1.29, 1.82) is 0 Å². The van der Waals surface area contributed by atoms with Gasteiger partial charge in [0.05, 0.1) is 17.5 Å². The van der Waals surface area contributed by atoms with Crippen LogP contribution in [0.3, 0.4) is 0 Å². The number of non-ortho nitro benzene ring substituents is 1. The molecule has 3 aromatic rings. The Hall–Kier alpha value is -2.82. The standard InChI is InChI=1S/C17H19N7O3.ClH/c1-22-8-7-19-17(22)14-10-18-6-9-23(14)11-15-20-16(21-27-15)12-2-4-13(5-3-12)24(25)26;/h2-5,7-8,14,18H,6,9-11H2,1H3;1H. The molecule has 2 aromatic heterocycles. The van der Waals surface area contributed by atoms with Crippen molar-refractivity contribution >= 4 is 18.1 Å². The first kappa shape index (κ1) is 19.9. The Kier molecular flexibility index (Phi) is 6.02. The van der Waals surface area contributed by atoms with Crippen LogP contribution in [0.1, 0.15) is 17.8 Å². The van der Waals surface area contributed by atoms with Gasteiger partial charge < -0.3 is 14.4 Å². The SMILES string of the molecule is Cl.Cn1ccnc1C1CNCCN1Cc1nc(-c2ccc([N+](=O)[O-])cc2)no1. The lowest BCUT2D eigenvalue weighted by atomic mass is 10.1. The third-order valence-electron chi connectivity index (χ3n) is 4.65. The Morgan fingerprint density at radius 2 is 2.14 bits per heavy atom. The molecule has 1 atom stereocenters. The second kappa shape index (κ2) is 8.46. The summed E-state index contributed by atoms with van der Waals surface area (Å²) in [5.41, 5.74) is 0.706. The summed E-state index contributed by atoms with van der Waals surface area (Å²) < 4.78 is 7.43. The lowest BCUT2D eigenvalue weighted by Crippen LogP contribution is -2.46. The maximum Gasteiger partial charge on any atom is 0.269 e. The summed E-state index contributed by atoms with van der Waals surface area (Å²) in [5.74, 6) is 1.91. The van der Waals surface area contributed by atoms with Gasteiger partial charge in [-0.3, -0.25) is 15.0 Å². The van der Waals surface area contributed by atoms with Crippen molar-refractivity contribution in [3.8, 4) is 11.4 Å². The van der Waals surface area contributed by atoms with E-state index >= 15 is 0 Å². The average Bonchev–Trinajstić information content (AvgIpc) is 3.31. The van der Waals surface area contributed by atoms with E-state index in [1.54, 1.807) is 18.3 Å². The Bertz CT molecular complexity index is 940. The summed E-state index contributed by atoms with van der Waals surface area (Å²) in [6.45, 7) is 3.03. The molecule has 1 aromatic carbocycles. The van der Waals surface area contributed by atoms with Gasteiger partial charge in [-0.15, -0.1) is 12.4 Å². The topological polar surface area (TPSA) is 115 Å². The van der Waals surface area contributed by atoms with E-state index in [0.29, 0.717) is 23.8 Å². The number of nitro groups is 1. The first-order chi connectivity index (χ1) is 13.1. The molecule has 1 fully saturated rings. The number of piperazine rings is 1. The van der Waals surface area contributed by atoms with Gasteiger partial charge >= 0.3 is 0 Å². The van der Waals surface area contributed by atoms with Crippen molar-refractivity contribution < 1.29 is 9.45 Å². The summed E-state index contributed by atoms with van der Waals surface area (Å²) in [5, 5.41) is 18.2. The molecule has 148 valence electrons. The highest BCUT2D eigenvalue weighted by Gasteiger charge is 2.28. The smallest absolute Gasteiger partial charge is 0.269 e. The molecule has 1 aliphatic heterocycles. The molecule has 1 aliphatic rings. The van der Waals surface area contributed by atoms with Gasteiger partial charge in [-0.25, -0.2) is 4.98 Å². The highest BCUT2D eigenvalue weighted by Crippen LogP contribution is 2.24. The molecule has 0 spiro atoms. The Morgan fingerprint density at radius 1 is 1.36 bits per heavy atom. The molecule has 0 radical (unpaired) electrons. The minimum absolute atomic E-state index is 0. The van der Waals surface area contributed by atoms with Gasteiger partial charge in [-0.1, -0.05) is 5.16 Å². The van der Waals surface area contributed by atoms with E-state index in [2.05, 4.69) is 25.3 Å². The van der Waals surface area contributed by atoms with Gasteiger partial charge in [0.1, 0.15) is 5.82 Å². The second-order valence-electron chi connectivity index (χ2n) is 6.40. The Balaban J connectivity index is 0.00000225. The molecule has 1 saturated heterocycles. The summed E-state index contributed by atoms with van der Waals surface area (Å²) in [6, 6.07) is 6.22. The molecule has 4 rings (SSSR count). The Labute approximate surface area is 167 Å². The van der Waals surface area contributed by atoms with Crippen LogP contribution in [0.5, 0.6) is 0 Å². The minimum atomic E-state index is -0.437. The molecular weight excluding hydrogens is 386 g/mol. The van der Waals surface area contributed by atoms with Gasteiger partial charge in [0.2, 0.25) is 11.7 Å². The van der Waals surface area contributed by atoms with Gasteiger partial charge in [0.15, 0.2) is 0 Å². The van der Waals surface area contributed by atoms with Crippen LogP contribution in [0.25, 0.3) is 11.4 Å². The van der Waals surface area contributed by atoms with Crippen LogP contribution in [0, 0.1) is 10.1 Å². The number of imidazole rings is 1. The molecule has 0 saturated carbocycles. The van der Waals surface area contributed by atoms with E-state index in [0.717, 1.165) is 25.5 Å². The largest absolute Gasteiger partial charge is 0.338 e. The minimum Gasteiger partial charge on any atom is -0.338 e. The van der Waals surface area contributed by atoms with E-state index in [1.807, 2.05) is 17.8 Å². The van der Waals surface area contributed by atoms with Gasteiger partial charge in [-0.05, 0) is 12.1 Å². The van der Waals surface area contributed by atoms with E-state index in [9.17, 15) is 10.1 Å². The van der Waals surface area contributed by atoms with Crippen molar-refractivity contribution in [1.82, 2.24) is 29.9 Å². The number of aryl methyl sites for hydroxylation is 1. The van der Waals surface area contributed by atoms with Crippen LogP contribution >= 0.6 is 12.4 Å². The molecule has 0 aliphatic carbocycles. The number of hydrogen-bond acceptors (Lipinski definition) is 8. The molecule has 0 amide bonds. The van der Waals surface area contributed by atoms with Crippen molar-refractivity contribution in [2.45, 2.75) is 12.6 Å². The molecule has 1 unspecified atom stereocenters. The zero-order valence-corrected chi connectivity index (χ0v) is 16.0. The highest BCUT2D eigenvalue weighted by molar-refractivity contribution is 5.85. The second-order valence-corrected chi connectivity index (χ2v) is 6.40. The number of nitrogens with zero attached hydrogens (tertiary/aromatic N) is 6. The number of benzene rings is 1. The molecular formula is C17H20ClN7O3. The average molecular weight is 406 g/mol. The van der Waals surface area contributed by atoms with Crippen LogP contribution in [-0.2, 0) is 13.6 Å². The highest BCUT2D eigenvalue weighted by atomic mass is 35.5. The third kappa shape index (κ3) is 4.03. The van der Waals surface area contributed by atoms with Crippen molar-refractivity contribution in [2.75, 3.05) is 19.6 Å². The quantitative estimate of drug-likeness (QED) is 0.505. The molecule has 10 nitrogen and oxygen atoms in total. The first-order valence-electron chi connectivity index (χ1n) is 8.61. The molecule has 0 bridgehead atoms. The van der Waals surface area contributed by atoms with Gasteiger partial charge in [0.25, 0.3) is 5.69 Å². The van der Waals surface area contributed by atoms with Crippen molar-refractivity contribution in [3.05, 3.63) is 58.5 Å². The third-order valence-corrected chi connectivity index (χ3v) is 4.65.